The lowest BCUT2D eigenvalue weighted by Crippen LogP contribution is -2.35. The smallest absolute Gasteiger partial charge is 0.259 e. The molecule has 0 saturated carbocycles. The molecule has 1 aromatic rings. The van der Waals surface area contributed by atoms with Crippen molar-refractivity contribution in [2.24, 2.45) is 10.5 Å². The summed E-state index contributed by atoms with van der Waals surface area (Å²) in [4.78, 5) is 23.2. The van der Waals surface area contributed by atoms with Crippen LogP contribution >= 0.6 is 11.6 Å². The van der Waals surface area contributed by atoms with E-state index in [9.17, 15) is 9.59 Å². The molecule has 0 heterocycles. The number of nitrogens with zero attached hydrogens (tertiary/aromatic N) is 1. The summed E-state index contributed by atoms with van der Waals surface area (Å²) in [5, 5.41) is 6.86. The van der Waals surface area contributed by atoms with E-state index < -0.39 is 0 Å². The monoisotopic (exact) mass is 295 g/mol. The molecule has 0 spiro atoms. The van der Waals surface area contributed by atoms with E-state index in [1.807, 2.05) is 20.8 Å². The first-order valence-corrected chi connectivity index (χ1v) is 6.52. The molecule has 1 rings (SSSR count). The highest BCUT2D eigenvalue weighted by Crippen LogP contribution is 2.09. The maximum absolute atomic E-state index is 11.7. The standard InChI is InChI=1S/C14H18ClN3O2/c1-14(2,3)9-17-18-12(19)8-16-13(20)10-4-6-11(15)7-5-10/h4-7,9H,8H2,1-3H3,(H,16,20)(H,18,19)/b17-9+. The normalized spacial score (nSPS) is 11.4. The van der Waals surface area contributed by atoms with Crippen LogP contribution in [0, 0.1) is 5.41 Å². The summed E-state index contributed by atoms with van der Waals surface area (Å²) >= 11 is 5.73. The van der Waals surface area contributed by atoms with Crippen molar-refractivity contribution < 1.29 is 9.59 Å². The second-order valence-electron chi connectivity index (χ2n) is 5.35. The van der Waals surface area contributed by atoms with Gasteiger partial charge in [-0.3, -0.25) is 9.59 Å². The van der Waals surface area contributed by atoms with Crippen LogP contribution in [0.5, 0.6) is 0 Å². The maximum atomic E-state index is 11.7. The fraction of sp³-hybridized carbons (Fsp3) is 0.357. The molecule has 0 bridgehead atoms. The van der Waals surface area contributed by atoms with Gasteiger partial charge in [0.05, 0.1) is 6.54 Å². The fourth-order valence-electron chi connectivity index (χ4n) is 1.20. The first-order chi connectivity index (χ1) is 9.28. The molecule has 5 nitrogen and oxygen atoms in total. The zero-order chi connectivity index (χ0) is 15.2. The summed E-state index contributed by atoms with van der Waals surface area (Å²) in [5.41, 5.74) is 2.68. The molecule has 0 atom stereocenters. The van der Waals surface area contributed by atoms with Crippen LogP contribution in [0.3, 0.4) is 0 Å². The molecule has 0 aromatic heterocycles. The van der Waals surface area contributed by atoms with Crippen molar-refractivity contribution in [3.8, 4) is 0 Å². The summed E-state index contributed by atoms with van der Waals surface area (Å²) in [6.07, 6.45) is 1.63. The summed E-state index contributed by atoms with van der Waals surface area (Å²) in [6, 6.07) is 6.41. The molecule has 2 amide bonds. The summed E-state index contributed by atoms with van der Waals surface area (Å²) in [5.74, 6) is -0.718. The quantitative estimate of drug-likeness (QED) is 0.660. The maximum Gasteiger partial charge on any atom is 0.259 e. The van der Waals surface area contributed by atoms with Crippen LogP contribution in [0.2, 0.25) is 5.02 Å². The van der Waals surface area contributed by atoms with Crippen LogP contribution in [-0.4, -0.2) is 24.6 Å². The van der Waals surface area contributed by atoms with Gasteiger partial charge in [0.15, 0.2) is 0 Å². The lowest BCUT2D eigenvalue weighted by molar-refractivity contribution is -0.120. The first-order valence-electron chi connectivity index (χ1n) is 6.15. The van der Waals surface area contributed by atoms with Crippen LogP contribution in [0.1, 0.15) is 31.1 Å². The molecule has 0 fully saturated rings. The van der Waals surface area contributed by atoms with Gasteiger partial charge in [0.25, 0.3) is 11.8 Å². The summed E-state index contributed by atoms with van der Waals surface area (Å²) in [6.45, 7) is 5.75. The molecule has 0 aliphatic heterocycles. The van der Waals surface area contributed by atoms with Crippen molar-refractivity contribution in [3.05, 3.63) is 34.9 Å². The fourth-order valence-corrected chi connectivity index (χ4v) is 1.33. The van der Waals surface area contributed by atoms with Gasteiger partial charge in [0, 0.05) is 16.8 Å². The van der Waals surface area contributed by atoms with Gasteiger partial charge in [-0.1, -0.05) is 32.4 Å². The van der Waals surface area contributed by atoms with E-state index in [4.69, 9.17) is 11.6 Å². The Morgan fingerprint density at radius 3 is 2.40 bits per heavy atom. The molecular formula is C14H18ClN3O2. The van der Waals surface area contributed by atoms with E-state index in [1.54, 1.807) is 30.5 Å². The number of carbonyl (C=O) groups excluding carboxylic acids is 2. The Balaban J connectivity index is 2.39. The van der Waals surface area contributed by atoms with Crippen LogP contribution in [0.25, 0.3) is 0 Å². The van der Waals surface area contributed by atoms with Gasteiger partial charge in [0.1, 0.15) is 0 Å². The Morgan fingerprint density at radius 2 is 1.85 bits per heavy atom. The van der Waals surface area contributed by atoms with E-state index in [1.165, 1.54) is 0 Å². The number of carbonyl (C=O) groups is 2. The number of hydrogen-bond donors (Lipinski definition) is 2. The van der Waals surface area contributed by atoms with Gasteiger partial charge in [-0.25, -0.2) is 5.43 Å². The first kappa shape index (κ1) is 16.2. The van der Waals surface area contributed by atoms with E-state index in [-0.39, 0.29) is 23.8 Å². The molecule has 2 N–H and O–H groups in total. The van der Waals surface area contributed by atoms with Gasteiger partial charge in [0.2, 0.25) is 0 Å². The lowest BCUT2D eigenvalue weighted by atomic mass is 9.99. The number of halogens is 1. The molecule has 1 aromatic carbocycles. The minimum Gasteiger partial charge on any atom is -0.343 e. The summed E-state index contributed by atoms with van der Waals surface area (Å²) in [7, 11) is 0. The van der Waals surface area contributed by atoms with Gasteiger partial charge < -0.3 is 5.32 Å². The number of benzene rings is 1. The van der Waals surface area contributed by atoms with E-state index >= 15 is 0 Å². The number of hydrazone groups is 1. The van der Waals surface area contributed by atoms with Crippen LogP contribution in [-0.2, 0) is 4.79 Å². The Labute approximate surface area is 123 Å². The predicted octanol–water partition coefficient (Wildman–Crippen LogP) is 2.22. The van der Waals surface area contributed by atoms with Crippen LogP contribution < -0.4 is 10.7 Å². The average Bonchev–Trinajstić information content (AvgIpc) is 2.35. The van der Waals surface area contributed by atoms with Gasteiger partial charge in [-0.05, 0) is 29.7 Å². The number of hydrogen-bond acceptors (Lipinski definition) is 3. The highest BCUT2D eigenvalue weighted by atomic mass is 35.5. The molecule has 0 aliphatic rings. The van der Waals surface area contributed by atoms with Gasteiger partial charge in [-0.15, -0.1) is 0 Å². The Morgan fingerprint density at radius 1 is 1.25 bits per heavy atom. The predicted molar refractivity (Wildman–Crippen MR) is 79.9 cm³/mol. The van der Waals surface area contributed by atoms with Crippen LogP contribution in [0.4, 0.5) is 0 Å². The third-order valence-electron chi connectivity index (χ3n) is 2.16. The van der Waals surface area contributed by atoms with E-state index in [0.29, 0.717) is 10.6 Å². The zero-order valence-corrected chi connectivity index (χ0v) is 12.5. The highest BCUT2D eigenvalue weighted by Gasteiger charge is 2.08. The molecular weight excluding hydrogens is 278 g/mol. The number of amides is 2. The SMILES string of the molecule is CC(C)(C)/C=N/NC(=O)CNC(=O)c1ccc(Cl)cc1. The lowest BCUT2D eigenvalue weighted by Gasteiger charge is -2.10. The summed E-state index contributed by atoms with van der Waals surface area (Å²) < 4.78 is 0. The van der Waals surface area contributed by atoms with Crippen LogP contribution in [0.15, 0.2) is 29.4 Å². The third-order valence-corrected chi connectivity index (χ3v) is 2.41. The molecule has 0 aliphatic carbocycles. The molecule has 6 heteroatoms. The molecule has 0 unspecified atom stereocenters. The second kappa shape index (κ2) is 7.05. The molecule has 108 valence electrons. The highest BCUT2D eigenvalue weighted by molar-refractivity contribution is 6.30. The largest absolute Gasteiger partial charge is 0.343 e. The molecule has 0 saturated heterocycles. The van der Waals surface area contributed by atoms with Gasteiger partial charge in [-0.2, -0.15) is 5.10 Å². The Bertz CT molecular complexity index is 504. The molecule has 20 heavy (non-hydrogen) atoms. The topological polar surface area (TPSA) is 70.6 Å². The minimum absolute atomic E-state index is 0.111. The van der Waals surface area contributed by atoms with Crippen molar-refractivity contribution >= 4 is 29.6 Å². The van der Waals surface area contributed by atoms with E-state index in [0.717, 1.165) is 0 Å². The number of rotatable bonds is 4. The second-order valence-corrected chi connectivity index (χ2v) is 5.79. The van der Waals surface area contributed by atoms with E-state index in [2.05, 4.69) is 15.8 Å². The van der Waals surface area contributed by atoms with Crippen molar-refractivity contribution in [2.75, 3.05) is 6.54 Å². The third kappa shape index (κ3) is 6.33. The zero-order valence-electron chi connectivity index (χ0n) is 11.7. The Kier molecular flexibility index (Phi) is 5.70. The van der Waals surface area contributed by atoms with Crippen molar-refractivity contribution in [3.63, 3.8) is 0 Å². The average molecular weight is 296 g/mol. The van der Waals surface area contributed by atoms with Crippen molar-refractivity contribution in [2.45, 2.75) is 20.8 Å². The molecule has 0 radical (unpaired) electrons. The van der Waals surface area contributed by atoms with Crippen molar-refractivity contribution in [1.82, 2.24) is 10.7 Å². The number of nitrogens with one attached hydrogen (secondary N) is 2. The minimum atomic E-state index is -0.382. The van der Waals surface area contributed by atoms with Gasteiger partial charge >= 0.3 is 0 Å². The Hall–Kier alpha value is -1.88. The van der Waals surface area contributed by atoms with Crippen molar-refractivity contribution in [1.29, 1.82) is 0 Å².